The van der Waals surface area contributed by atoms with Crippen LogP contribution in [0.3, 0.4) is 0 Å². The van der Waals surface area contributed by atoms with Crippen LogP contribution < -0.4 is 0 Å². The minimum Gasteiger partial charge on any atom is -0.475 e. The number of rotatable bonds is 5. The second-order valence-corrected chi connectivity index (χ2v) is 7.90. The van der Waals surface area contributed by atoms with Crippen molar-refractivity contribution in [1.29, 1.82) is 0 Å². The first kappa shape index (κ1) is 15.6. The van der Waals surface area contributed by atoms with Crippen LogP contribution in [-0.2, 0) is 15.6 Å². The van der Waals surface area contributed by atoms with Crippen LogP contribution >= 0.6 is 0 Å². The minimum atomic E-state index is -3.24. The van der Waals surface area contributed by atoms with E-state index >= 15 is 0 Å². The summed E-state index contributed by atoms with van der Waals surface area (Å²) in [5.41, 5.74) is 1.07. The number of fused-ring (bicyclic) bond motifs is 1. The minimum absolute atomic E-state index is 0.0475. The fourth-order valence-electron chi connectivity index (χ4n) is 2.07. The molecule has 1 unspecified atom stereocenters. The van der Waals surface area contributed by atoms with Gasteiger partial charge >= 0.3 is 5.97 Å². The molecule has 0 bridgehead atoms. The van der Waals surface area contributed by atoms with Crippen LogP contribution in [-0.4, -0.2) is 24.7 Å². The van der Waals surface area contributed by atoms with Crippen LogP contribution in [0.4, 0.5) is 0 Å². The maximum absolute atomic E-state index is 12.3. The van der Waals surface area contributed by atoms with Crippen molar-refractivity contribution in [2.24, 2.45) is 5.92 Å². The molecule has 0 aliphatic heterocycles. The lowest BCUT2D eigenvalue weighted by Gasteiger charge is -2.16. The van der Waals surface area contributed by atoms with Gasteiger partial charge in [0, 0.05) is 5.39 Å². The Kier molecular flexibility index (Phi) is 4.09. The number of carboxylic acids is 1. The molecule has 1 aromatic heterocycles. The largest absolute Gasteiger partial charge is 0.475 e. The van der Waals surface area contributed by atoms with E-state index in [0.717, 1.165) is 0 Å². The molecule has 2 aromatic rings. The fourth-order valence-corrected chi connectivity index (χ4v) is 3.80. The van der Waals surface area contributed by atoms with Gasteiger partial charge < -0.3 is 9.52 Å². The lowest BCUT2D eigenvalue weighted by molar-refractivity contribution is 0.0665. The SMILES string of the molecule is CC(C)C(C)S(=O)(=O)Cc1ccc2oc(C(=O)O)cc2c1. The molecule has 0 aliphatic rings. The summed E-state index contributed by atoms with van der Waals surface area (Å²) >= 11 is 0. The molecule has 0 saturated carbocycles. The van der Waals surface area contributed by atoms with Gasteiger partial charge in [-0.25, -0.2) is 13.2 Å². The van der Waals surface area contributed by atoms with Gasteiger partial charge in [0.2, 0.25) is 5.76 Å². The number of hydrogen-bond donors (Lipinski definition) is 1. The highest BCUT2D eigenvalue weighted by molar-refractivity contribution is 7.91. The second-order valence-electron chi connectivity index (χ2n) is 5.54. The third-order valence-corrected chi connectivity index (χ3v) is 6.08. The first-order valence-electron chi connectivity index (χ1n) is 6.68. The molecule has 0 aliphatic carbocycles. The van der Waals surface area contributed by atoms with Gasteiger partial charge in [-0.2, -0.15) is 0 Å². The Morgan fingerprint density at radius 1 is 1.24 bits per heavy atom. The zero-order valence-electron chi connectivity index (χ0n) is 12.2. The molecule has 6 heteroatoms. The average molecular weight is 310 g/mol. The maximum Gasteiger partial charge on any atom is 0.371 e. The van der Waals surface area contributed by atoms with Crippen LogP contribution in [0, 0.1) is 5.92 Å². The Hall–Kier alpha value is -1.82. The smallest absolute Gasteiger partial charge is 0.371 e. The van der Waals surface area contributed by atoms with Gasteiger partial charge in [0.25, 0.3) is 0 Å². The molecule has 2 rings (SSSR count). The summed E-state index contributed by atoms with van der Waals surface area (Å²) in [4.78, 5) is 10.9. The summed E-state index contributed by atoms with van der Waals surface area (Å²) in [6.45, 7) is 5.46. The molecule has 1 N–H and O–H groups in total. The Morgan fingerprint density at radius 2 is 1.90 bits per heavy atom. The summed E-state index contributed by atoms with van der Waals surface area (Å²) < 4.78 is 29.7. The third-order valence-electron chi connectivity index (χ3n) is 3.66. The molecule has 0 saturated heterocycles. The summed E-state index contributed by atoms with van der Waals surface area (Å²) in [5, 5.41) is 9.06. The third kappa shape index (κ3) is 3.26. The maximum atomic E-state index is 12.3. The van der Waals surface area contributed by atoms with Crippen molar-refractivity contribution in [2.45, 2.75) is 31.8 Å². The Morgan fingerprint density at radius 3 is 2.48 bits per heavy atom. The van der Waals surface area contributed by atoms with Crippen LogP contribution in [0.1, 0.15) is 36.9 Å². The number of furan rings is 1. The molecule has 5 nitrogen and oxygen atoms in total. The summed E-state index contributed by atoms with van der Waals surface area (Å²) in [6.07, 6.45) is 0. The zero-order chi connectivity index (χ0) is 15.8. The highest BCUT2D eigenvalue weighted by atomic mass is 32.2. The van der Waals surface area contributed by atoms with Crippen molar-refractivity contribution in [2.75, 3.05) is 0 Å². The molecule has 0 spiro atoms. The number of sulfone groups is 1. The van der Waals surface area contributed by atoms with E-state index in [9.17, 15) is 13.2 Å². The highest BCUT2D eigenvalue weighted by Gasteiger charge is 2.24. The molecule has 0 amide bonds. The number of aromatic carboxylic acids is 1. The molecule has 21 heavy (non-hydrogen) atoms. The molecule has 0 radical (unpaired) electrons. The van der Waals surface area contributed by atoms with E-state index in [2.05, 4.69) is 0 Å². The van der Waals surface area contributed by atoms with Gasteiger partial charge in [-0.05, 0) is 36.6 Å². The van der Waals surface area contributed by atoms with E-state index in [1.165, 1.54) is 6.07 Å². The Bertz CT molecular complexity index is 770. The van der Waals surface area contributed by atoms with Gasteiger partial charge in [-0.15, -0.1) is 0 Å². The monoisotopic (exact) mass is 310 g/mol. The molecule has 1 aromatic carbocycles. The van der Waals surface area contributed by atoms with Crippen molar-refractivity contribution in [1.82, 2.24) is 0 Å². The average Bonchev–Trinajstić information content (AvgIpc) is 2.80. The van der Waals surface area contributed by atoms with Gasteiger partial charge in [0.15, 0.2) is 9.84 Å². The summed E-state index contributed by atoms with van der Waals surface area (Å²) in [7, 11) is -3.24. The topological polar surface area (TPSA) is 84.6 Å². The van der Waals surface area contributed by atoms with Gasteiger partial charge in [0.1, 0.15) is 5.58 Å². The normalized spacial score (nSPS) is 13.7. The predicted octanol–water partition coefficient (Wildman–Crippen LogP) is 3.09. The fraction of sp³-hybridized carbons (Fsp3) is 0.400. The van der Waals surface area contributed by atoms with Crippen molar-refractivity contribution >= 4 is 26.8 Å². The van der Waals surface area contributed by atoms with Crippen molar-refractivity contribution in [3.8, 4) is 0 Å². The lowest BCUT2D eigenvalue weighted by Crippen LogP contribution is -2.24. The standard InChI is InChI=1S/C15H18O5S/c1-9(2)10(3)21(18,19)8-11-4-5-13-12(6-11)7-14(20-13)15(16)17/h4-7,9-10H,8H2,1-3H3,(H,16,17). The summed E-state index contributed by atoms with van der Waals surface area (Å²) in [5.74, 6) is -1.31. The Labute approximate surface area is 123 Å². The Balaban J connectivity index is 2.33. The molecule has 1 atom stereocenters. The molecule has 114 valence electrons. The first-order valence-corrected chi connectivity index (χ1v) is 8.39. The molecular formula is C15H18O5S. The van der Waals surface area contributed by atoms with Crippen molar-refractivity contribution in [3.05, 3.63) is 35.6 Å². The van der Waals surface area contributed by atoms with Crippen LogP contribution in [0.5, 0.6) is 0 Å². The van der Waals surface area contributed by atoms with Gasteiger partial charge in [-0.3, -0.25) is 0 Å². The van der Waals surface area contributed by atoms with Crippen molar-refractivity contribution in [3.63, 3.8) is 0 Å². The predicted molar refractivity (Wildman–Crippen MR) is 80.1 cm³/mol. The number of carbonyl (C=O) groups is 1. The van der Waals surface area contributed by atoms with E-state index < -0.39 is 21.1 Å². The molecule has 0 fully saturated rings. The molecular weight excluding hydrogens is 292 g/mol. The van der Waals surface area contributed by atoms with E-state index in [-0.39, 0.29) is 17.4 Å². The van der Waals surface area contributed by atoms with Crippen LogP contribution in [0.25, 0.3) is 11.0 Å². The highest BCUT2D eigenvalue weighted by Crippen LogP contribution is 2.23. The number of carboxylic acid groups (broad SMARTS) is 1. The van der Waals surface area contributed by atoms with Gasteiger partial charge in [-0.1, -0.05) is 19.9 Å². The van der Waals surface area contributed by atoms with Crippen LogP contribution in [0.2, 0.25) is 0 Å². The number of hydrogen-bond acceptors (Lipinski definition) is 4. The van der Waals surface area contributed by atoms with Crippen molar-refractivity contribution < 1.29 is 22.7 Å². The molecule has 1 heterocycles. The zero-order valence-corrected chi connectivity index (χ0v) is 13.0. The quantitative estimate of drug-likeness (QED) is 0.917. The van der Waals surface area contributed by atoms with E-state index in [0.29, 0.717) is 16.5 Å². The van der Waals surface area contributed by atoms with E-state index in [4.69, 9.17) is 9.52 Å². The van der Waals surface area contributed by atoms with Gasteiger partial charge in [0.05, 0.1) is 11.0 Å². The van der Waals surface area contributed by atoms with E-state index in [1.54, 1.807) is 25.1 Å². The lowest BCUT2D eigenvalue weighted by atomic mass is 10.1. The number of benzene rings is 1. The first-order chi connectivity index (χ1) is 9.70. The van der Waals surface area contributed by atoms with E-state index in [1.807, 2.05) is 13.8 Å². The van der Waals surface area contributed by atoms with Crippen LogP contribution in [0.15, 0.2) is 28.7 Å². The summed E-state index contributed by atoms with van der Waals surface area (Å²) in [6, 6.07) is 6.32. The second kappa shape index (κ2) is 5.52.